The fraction of sp³-hybridized carbons (Fsp3) is 0.556. The van der Waals surface area contributed by atoms with E-state index in [9.17, 15) is 13.2 Å². The predicted molar refractivity (Wildman–Crippen MR) is 85.7 cm³/mol. The first-order valence-electron chi connectivity index (χ1n) is 8.42. The molecule has 2 N–H and O–H groups in total. The molecule has 1 aliphatic carbocycles. The zero-order valence-corrected chi connectivity index (χ0v) is 13.5. The van der Waals surface area contributed by atoms with Crippen LogP contribution in [-0.2, 0) is 16.5 Å². The van der Waals surface area contributed by atoms with Gasteiger partial charge in [0.1, 0.15) is 11.3 Å². The summed E-state index contributed by atoms with van der Waals surface area (Å²) in [6.07, 6.45) is -1.16. The SMILES string of the molecule is COC1(c2cccc3[nH]c(C(F)(F)F)cc23)C2CCCC1CNC2. The molecule has 2 aliphatic rings. The van der Waals surface area contributed by atoms with Crippen molar-refractivity contribution in [2.24, 2.45) is 11.8 Å². The number of methoxy groups -OCH3 is 1. The second-order valence-corrected chi connectivity index (χ2v) is 6.93. The molecule has 1 aromatic carbocycles. The molecule has 2 bridgehead atoms. The van der Waals surface area contributed by atoms with Crippen molar-refractivity contribution in [3.63, 3.8) is 0 Å². The molecule has 0 radical (unpaired) electrons. The van der Waals surface area contributed by atoms with Crippen molar-refractivity contribution in [3.05, 3.63) is 35.5 Å². The van der Waals surface area contributed by atoms with Crippen LogP contribution in [0.5, 0.6) is 0 Å². The summed E-state index contributed by atoms with van der Waals surface area (Å²) in [6.45, 7) is 1.69. The Morgan fingerprint density at radius 3 is 2.50 bits per heavy atom. The quantitative estimate of drug-likeness (QED) is 0.867. The third kappa shape index (κ3) is 2.19. The Hall–Kier alpha value is -1.53. The van der Waals surface area contributed by atoms with Crippen LogP contribution in [-0.4, -0.2) is 25.2 Å². The van der Waals surface area contributed by atoms with Crippen LogP contribution in [0.3, 0.4) is 0 Å². The zero-order valence-electron chi connectivity index (χ0n) is 13.5. The van der Waals surface area contributed by atoms with Crippen LogP contribution < -0.4 is 5.32 Å². The minimum absolute atomic E-state index is 0.282. The normalized spacial score (nSPS) is 30.7. The van der Waals surface area contributed by atoms with Crippen molar-refractivity contribution in [2.45, 2.75) is 31.0 Å². The number of piperidine rings is 1. The van der Waals surface area contributed by atoms with Crippen molar-refractivity contribution >= 4 is 10.9 Å². The summed E-state index contributed by atoms with van der Waals surface area (Å²) in [5, 5.41) is 4.09. The lowest BCUT2D eigenvalue weighted by Gasteiger charge is -2.52. The largest absolute Gasteiger partial charge is 0.431 e. The van der Waals surface area contributed by atoms with Crippen molar-refractivity contribution in [1.82, 2.24) is 10.3 Å². The second kappa shape index (κ2) is 5.49. The van der Waals surface area contributed by atoms with Crippen LogP contribution in [0.4, 0.5) is 13.2 Å². The van der Waals surface area contributed by atoms with Crippen molar-refractivity contribution < 1.29 is 17.9 Å². The zero-order chi connectivity index (χ0) is 16.9. The molecule has 3 nitrogen and oxygen atoms in total. The van der Waals surface area contributed by atoms with E-state index in [1.165, 1.54) is 6.07 Å². The van der Waals surface area contributed by atoms with Gasteiger partial charge in [0.25, 0.3) is 0 Å². The molecule has 1 aliphatic heterocycles. The van der Waals surface area contributed by atoms with Gasteiger partial charge in [0.2, 0.25) is 0 Å². The molecule has 2 unspecified atom stereocenters. The maximum Gasteiger partial charge on any atom is 0.431 e. The number of rotatable bonds is 2. The van der Waals surface area contributed by atoms with E-state index < -0.39 is 17.5 Å². The summed E-state index contributed by atoms with van der Waals surface area (Å²) < 4.78 is 45.5. The molecule has 2 atom stereocenters. The first-order chi connectivity index (χ1) is 11.5. The van der Waals surface area contributed by atoms with Crippen LogP contribution in [0.2, 0.25) is 0 Å². The molecule has 2 aromatic rings. The van der Waals surface area contributed by atoms with Gasteiger partial charge in [-0.25, -0.2) is 0 Å². The lowest BCUT2D eigenvalue weighted by molar-refractivity contribution is -0.143. The number of hydrogen-bond donors (Lipinski definition) is 2. The maximum absolute atomic E-state index is 13.1. The van der Waals surface area contributed by atoms with Gasteiger partial charge in [-0.3, -0.25) is 0 Å². The summed E-state index contributed by atoms with van der Waals surface area (Å²) in [4.78, 5) is 2.53. The van der Waals surface area contributed by atoms with Gasteiger partial charge in [0.15, 0.2) is 0 Å². The summed E-state index contributed by atoms with van der Waals surface area (Å²) in [5.74, 6) is 0.565. The van der Waals surface area contributed by atoms with Crippen molar-refractivity contribution in [2.75, 3.05) is 20.2 Å². The molecule has 1 saturated heterocycles. The predicted octanol–water partition coefficient (Wildman–Crippen LogP) is 4.05. The van der Waals surface area contributed by atoms with Crippen molar-refractivity contribution in [3.8, 4) is 0 Å². The van der Waals surface area contributed by atoms with Crippen LogP contribution in [0.15, 0.2) is 24.3 Å². The Morgan fingerprint density at radius 2 is 1.88 bits per heavy atom. The van der Waals surface area contributed by atoms with E-state index in [-0.39, 0.29) is 11.8 Å². The summed E-state index contributed by atoms with van der Waals surface area (Å²) >= 11 is 0. The first-order valence-corrected chi connectivity index (χ1v) is 8.42. The van der Waals surface area contributed by atoms with Gasteiger partial charge in [-0.05, 0) is 30.5 Å². The Kier molecular flexibility index (Phi) is 3.65. The number of H-pyrrole nitrogens is 1. The van der Waals surface area contributed by atoms with Crippen LogP contribution in [0, 0.1) is 11.8 Å². The highest BCUT2D eigenvalue weighted by molar-refractivity contribution is 5.85. The van der Waals surface area contributed by atoms with Crippen molar-refractivity contribution in [1.29, 1.82) is 0 Å². The molecule has 2 heterocycles. The first kappa shape index (κ1) is 16.0. The second-order valence-electron chi connectivity index (χ2n) is 6.93. The number of alkyl halides is 3. The molecule has 24 heavy (non-hydrogen) atoms. The smallest absolute Gasteiger partial charge is 0.373 e. The molecule has 4 rings (SSSR count). The highest BCUT2D eigenvalue weighted by Crippen LogP contribution is 2.51. The van der Waals surface area contributed by atoms with Crippen LogP contribution in [0.25, 0.3) is 10.9 Å². The molecule has 0 amide bonds. The number of ether oxygens (including phenoxy) is 1. The van der Waals surface area contributed by atoms with E-state index in [1.807, 2.05) is 12.1 Å². The minimum atomic E-state index is -4.37. The average Bonchev–Trinajstić information content (AvgIpc) is 2.98. The number of halogens is 3. The number of aromatic nitrogens is 1. The van der Waals surface area contributed by atoms with Gasteiger partial charge in [-0.2, -0.15) is 13.2 Å². The third-order valence-electron chi connectivity index (χ3n) is 5.83. The summed E-state index contributed by atoms with van der Waals surface area (Å²) in [7, 11) is 1.70. The lowest BCUT2D eigenvalue weighted by atomic mass is 9.62. The molecule has 2 fully saturated rings. The Balaban J connectivity index is 1.92. The number of benzene rings is 1. The molecule has 130 valence electrons. The molecule has 1 aromatic heterocycles. The standard InChI is InChI=1S/C18H21F3N2O/c1-24-17(11-4-2-5-12(17)10-22-9-11)14-6-3-7-15-13(14)8-16(23-15)18(19,20)21/h3,6-8,11-12,22-23H,2,4-5,9-10H2,1H3. The van der Waals surface area contributed by atoms with E-state index in [1.54, 1.807) is 13.2 Å². The summed E-state index contributed by atoms with van der Waals surface area (Å²) in [5.41, 5.74) is 0.210. The molecule has 6 heteroatoms. The van der Waals surface area contributed by atoms with Crippen LogP contribution in [0.1, 0.15) is 30.5 Å². The Labute approximate surface area is 138 Å². The highest BCUT2D eigenvalue weighted by atomic mass is 19.4. The molecule has 1 saturated carbocycles. The van der Waals surface area contributed by atoms with E-state index >= 15 is 0 Å². The average molecular weight is 338 g/mol. The highest BCUT2D eigenvalue weighted by Gasteiger charge is 2.52. The Bertz CT molecular complexity index is 730. The third-order valence-corrected chi connectivity index (χ3v) is 5.83. The fourth-order valence-corrected chi connectivity index (χ4v) is 4.84. The van der Waals surface area contributed by atoms with Gasteiger partial charge in [0.05, 0.1) is 0 Å². The molecular weight excluding hydrogens is 317 g/mol. The maximum atomic E-state index is 13.1. The number of aromatic amines is 1. The number of hydrogen-bond acceptors (Lipinski definition) is 2. The lowest BCUT2D eigenvalue weighted by Crippen LogP contribution is -2.57. The van der Waals surface area contributed by atoms with Crippen LogP contribution >= 0.6 is 0 Å². The van der Waals surface area contributed by atoms with E-state index in [0.29, 0.717) is 10.9 Å². The van der Waals surface area contributed by atoms with Gasteiger partial charge in [-0.15, -0.1) is 0 Å². The van der Waals surface area contributed by atoms with E-state index in [2.05, 4.69) is 10.3 Å². The van der Waals surface area contributed by atoms with Gasteiger partial charge < -0.3 is 15.0 Å². The number of nitrogens with one attached hydrogen (secondary N) is 2. The fourth-order valence-electron chi connectivity index (χ4n) is 4.84. The monoisotopic (exact) mass is 338 g/mol. The molecule has 0 spiro atoms. The van der Waals surface area contributed by atoms with E-state index in [0.717, 1.165) is 37.9 Å². The molecular formula is C18H21F3N2O. The van der Waals surface area contributed by atoms with Gasteiger partial charge in [-0.1, -0.05) is 18.6 Å². The summed E-state index contributed by atoms with van der Waals surface area (Å²) in [6, 6.07) is 6.71. The van der Waals surface area contributed by atoms with Gasteiger partial charge >= 0.3 is 6.18 Å². The number of fused-ring (bicyclic) bond motifs is 3. The topological polar surface area (TPSA) is 37.0 Å². The minimum Gasteiger partial charge on any atom is -0.373 e. The van der Waals surface area contributed by atoms with E-state index in [4.69, 9.17) is 4.74 Å². The Morgan fingerprint density at radius 1 is 1.17 bits per heavy atom. The van der Waals surface area contributed by atoms with Gasteiger partial charge in [0, 0.05) is 42.9 Å².